The summed E-state index contributed by atoms with van der Waals surface area (Å²) in [6, 6.07) is 5.53. The fourth-order valence-electron chi connectivity index (χ4n) is 4.40. The van der Waals surface area contributed by atoms with E-state index in [4.69, 9.17) is 5.73 Å². The molecule has 5 heteroatoms. The Labute approximate surface area is 169 Å². The van der Waals surface area contributed by atoms with Gasteiger partial charge in [-0.15, -0.1) is 0 Å². The number of nitrogens with one attached hydrogen (secondary N) is 1. The first kappa shape index (κ1) is 20.8. The third-order valence-electron chi connectivity index (χ3n) is 6.46. The average Bonchev–Trinajstić information content (AvgIpc) is 2.66. The monoisotopic (exact) mass is 385 g/mol. The Balaban J connectivity index is 1.65. The SMILES string of the molecule is Cc1cc(C(=O)N2CCC(C)CC2)ccc1NC(=O)C1CCCCCCC1N. The highest BCUT2D eigenvalue weighted by Crippen LogP contribution is 2.25. The fraction of sp³-hybridized carbons (Fsp3) is 0.652. The Bertz CT molecular complexity index is 695. The lowest BCUT2D eigenvalue weighted by atomic mass is 9.86. The van der Waals surface area contributed by atoms with Crippen molar-refractivity contribution in [2.75, 3.05) is 18.4 Å². The summed E-state index contributed by atoms with van der Waals surface area (Å²) in [5, 5.41) is 3.07. The van der Waals surface area contributed by atoms with Crippen LogP contribution in [0.15, 0.2) is 18.2 Å². The van der Waals surface area contributed by atoms with Crippen LogP contribution in [-0.4, -0.2) is 35.8 Å². The van der Waals surface area contributed by atoms with Crippen molar-refractivity contribution in [3.63, 3.8) is 0 Å². The fourth-order valence-corrected chi connectivity index (χ4v) is 4.40. The van der Waals surface area contributed by atoms with Crippen LogP contribution in [0.2, 0.25) is 0 Å². The van der Waals surface area contributed by atoms with Gasteiger partial charge in [0.15, 0.2) is 0 Å². The minimum atomic E-state index is -0.128. The number of amides is 2. The highest BCUT2D eigenvalue weighted by molar-refractivity contribution is 5.97. The normalized spacial score (nSPS) is 24.3. The third-order valence-corrected chi connectivity index (χ3v) is 6.46. The predicted molar refractivity (Wildman–Crippen MR) is 113 cm³/mol. The second kappa shape index (κ2) is 9.55. The van der Waals surface area contributed by atoms with E-state index in [1.807, 2.05) is 30.0 Å². The van der Waals surface area contributed by atoms with E-state index in [0.29, 0.717) is 11.5 Å². The topological polar surface area (TPSA) is 75.4 Å². The lowest BCUT2D eigenvalue weighted by molar-refractivity contribution is -0.120. The van der Waals surface area contributed by atoms with Crippen LogP contribution in [0.1, 0.15) is 74.2 Å². The summed E-state index contributed by atoms with van der Waals surface area (Å²) in [4.78, 5) is 27.5. The number of benzene rings is 1. The van der Waals surface area contributed by atoms with Gasteiger partial charge < -0.3 is 16.0 Å². The molecule has 2 fully saturated rings. The van der Waals surface area contributed by atoms with Gasteiger partial charge in [-0.05, 0) is 62.3 Å². The van der Waals surface area contributed by atoms with Gasteiger partial charge in [0.25, 0.3) is 5.91 Å². The first-order valence-electron chi connectivity index (χ1n) is 10.9. The minimum Gasteiger partial charge on any atom is -0.339 e. The molecule has 3 rings (SSSR count). The third kappa shape index (κ3) is 5.13. The molecule has 2 amide bonds. The number of rotatable bonds is 3. The van der Waals surface area contributed by atoms with Gasteiger partial charge in [0.05, 0.1) is 5.92 Å². The van der Waals surface area contributed by atoms with Gasteiger partial charge in [0, 0.05) is 30.4 Å². The number of hydrogen-bond acceptors (Lipinski definition) is 3. The largest absolute Gasteiger partial charge is 0.339 e. The van der Waals surface area contributed by atoms with Gasteiger partial charge in [0.1, 0.15) is 0 Å². The van der Waals surface area contributed by atoms with Crippen LogP contribution in [0.25, 0.3) is 0 Å². The molecule has 2 unspecified atom stereocenters. The number of carbonyl (C=O) groups is 2. The van der Waals surface area contributed by atoms with Crippen molar-refractivity contribution in [2.45, 2.75) is 71.3 Å². The van der Waals surface area contributed by atoms with E-state index < -0.39 is 0 Å². The van der Waals surface area contributed by atoms with Gasteiger partial charge in [-0.3, -0.25) is 9.59 Å². The zero-order valence-corrected chi connectivity index (χ0v) is 17.4. The Morgan fingerprint density at radius 1 is 1.04 bits per heavy atom. The summed E-state index contributed by atoms with van der Waals surface area (Å²) in [6.07, 6.45) is 8.48. The molecule has 3 N–H and O–H groups in total. The number of aryl methyl sites for hydroxylation is 1. The van der Waals surface area contributed by atoms with E-state index in [1.54, 1.807) is 0 Å². The zero-order valence-electron chi connectivity index (χ0n) is 17.4. The summed E-state index contributed by atoms with van der Waals surface area (Å²) < 4.78 is 0. The number of piperidine rings is 1. The van der Waals surface area contributed by atoms with E-state index in [2.05, 4.69) is 12.2 Å². The van der Waals surface area contributed by atoms with Gasteiger partial charge in [-0.25, -0.2) is 0 Å². The summed E-state index contributed by atoms with van der Waals surface area (Å²) in [6.45, 7) is 5.85. The Hall–Kier alpha value is -1.88. The van der Waals surface area contributed by atoms with Crippen LogP contribution in [-0.2, 0) is 4.79 Å². The molecule has 0 spiro atoms. The number of carbonyl (C=O) groups excluding carboxylic acids is 2. The molecule has 1 saturated carbocycles. The number of nitrogens with zero attached hydrogens (tertiary/aromatic N) is 1. The van der Waals surface area contributed by atoms with E-state index in [0.717, 1.165) is 62.9 Å². The summed E-state index contributed by atoms with van der Waals surface area (Å²) in [7, 11) is 0. The number of likely N-dealkylation sites (tertiary alicyclic amines) is 1. The average molecular weight is 386 g/mol. The Kier molecular flexibility index (Phi) is 7.11. The van der Waals surface area contributed by atoms with E-state index >= 15 is 0 Å². The second-order valence-electron chi connectivity index (χ2n) is 8.76. The quantitative estimate of drug-likeness (QED) is 0.822. The molecule has 1 aliphatic carbocycles. The highest BCUT2D eigenvalue weighted by atomic mass is 16.2. The molecule has 0 bridgehead atoms. The van der Waals surface area contributed by atoms with Crippen molar-refractivity contribution < 1.29 is 9.59 Å². The molecule has 5 nitrogen and oxygen atoms in total. The summed E-state index contributed by atoms with van der Waals surface area (Å²) in [5.41, 5.74) is 8.69. The zero-order chi connectivity index (χ0) is 20.1. The smallest absolute Gasteiger partial charge is 0.253 e. The molecule has 0 radical (unpaired) electrons. The number of anilines is 1. The van der Waals surface area contributed by atoms with E-state index in [-0.39, 0.29) is 23.8 Å². The second-order valence-corrected chi connectivity index (χ2v) is 8.76. The van der Waals surface area contributed by atoms with Crippen LogP contribution in [0.5, 0.6) is 0 Å². The van der Waals surface area contributed by atoms with Gasteiger partial charge >= 0.3 is 0 Å². The molecule has 2 aliphatic rings. The first-order chi connectivity index (χ1) is 13.5. The van der Waals surface area contributed by atoms with E-state index in [1.165, 1.54) is 12.8 Å². The van der Waals surface area contributed by atoms with Crippen molar-refractivity contribution in [1.29, 1.82) is 0 Å². The maximum absolute atomic E-state index is 12.8. The molecule has 1 aliphatic heterocycles. The van der Waals surface area contributed by atoms with Crippen molar-refractivity contribution >= 4 is 17.5 Å². The molecule has 1 heterocycles. The molecule has 0 aromatic heterocycles. The summed E-state index contributed by atoms with van der Waals surface area (Å²) >= 11 is 0. The molecular formula is C23H35N3O2. The Morgan fingerprint density at radius 2 is 1.71 bits per heavy atom. The van der Waals surface area contributed by atoms with Crippen molar-refractivity contribution in [3.05, 3.63) is 29.3 Å². The molecule has 2 atom stereocenters. The minimum absolute atomic E-state index is 0.0154. The molecule has 154 valence electrons. The summed E-state index contributed by atoms with van der Waals surface area (Å²) in [5.74, 6) is 0.677. The lowest BCUT2D eigenvalue weighted by Crippen LogP contribution is -2.39. The predicted octanol–water partition coefficient (Wildman–Crippen LogP) is 4.10. The van der Waals surface area contributed by atoms with Crippen molar-refractivity contribution in [1.82, 2.24) is 4.90 Å². The van der Waals surface area contributed by atoms with Crippen LogP contribution >= 0.6 is 0 Å². The van der Waals surface area contributed by atoms with Crippen molar-refractivity contribution in [3.8, 4) is 0 Å². The van der Waals surface area contributed by atoms with Crippen molar-refractivity contribution in [2.24, 2.45) is 17.6 Å². The molecule has 1 aromatic rings. The molecular weight excluding hydrogens is 350 g/mol. The number of hydrogen-bond donors (Lipinski definition) is 2. The number of nitrogens with two attached hydrogens (primary N) is 1. The lowest BCUT2D eigenvalue weighted by Gasteiger charge is -2.30. The van der Waals surface area contributed by atoms with Crippen LogP contribution in [0.3, 0.4) is 0 Å². The van der Waals surface area contributed by atoms with Crippen LogP contribution in [0, 0.1) is 18.8 Å². The van der Waals surface area contributed by atoms with Gasteiger partial charge in [0.2, 0.25) is 5.91 Å². The van der Waals surface area contributed by atoms with Crippen LogP contribution in [0.4, 0.5) is 5.69 Å². The Morgan fingerprint density at radius 3 is 2.39 bits per heavy atom. The standard InChI is InChI=1S/C23H35N3O2/c1-16-11-13-26(14-12-16)23(28)18-9-10-21(17(2)15-18)25-22(27)19-7-5-3-4-6-8-20(19)24/h9-10,15-16,19-20H,3-8,11-14,24H2,1-2H3,(H,25,27). The van der Waals surface area contributed by atoms with E-state index in [9.17, 15) is 9.59 Å². The molecule has 1 aromatic carbocycles. The highest BCUT2D eigenvalue weighted by Gasteiger charge is 2.27. The molecule has 28 heavy (non-hydrogen) atoms. The van der Waals surface area contributed by atoms with Gasteiger partial charge in [-0.1, -0.05) is 32.6 Å². The maximum atomic E-state index is 12.8. The van der Waals surface area contributed by atoms with Crippen LogP contribution < -0.4 is 11.1 Å². The van der Waals surface area contributed by atoms with Gasteiger partial charge in [-0.2, -0.15) is 0 Å². The molecule has 1 saturated heterocycles. The maximum Gasteiger partial charge on any atom is 0.253 e. The first-order valence-corrected chi connectivity index (χ1v) is 10.9.